The zero-order valence-corrected chi connectivity index (χ0v) is 29.0. The Morgan fingerprint density at radius 1 is 0.314 bits per heavy atom. The number of rotatable bonds is 6. The third-order valence-corrected chi connectivity index (χ3v) is 15.4. The molecule has 0 aliphatic heterocycles. The van der Waals surface area contributed by atoms with E-state index in [-0.39, 0.29) is 0 Å². The summed E-state index contributed by atoms with van der Waals surface area (Å²) in [7, 11) is -2.99. The number of nitrogens with zero attached hydrogens (tertiary/aromatic N) is 2. The van der Waals surface area contributed by atoms with Gasteiger partial charge in [-0.25, -0.2) is 0 Å². The molecule has 0 aliphatic rings. The van der Waals surface area contributed by atoms with Gasteiger partial charge in [-0.2, -0.15) is 0 Å². The Morgan fingerprint density at radius 2 is 0.686 bits per heavy atom. The second kappa shape index (κ2) is 11.9. The van der Waals surface area contributed by atoms with Crippen LogP contribution in [0.3, 0.4) is 0 Å². The highest BCUT2D eigenvalue weighted by molar-refractivity contribution is 7.21. The monoisotopic (exact) mass is 666 g/mol. The van der Waals surface area contributed by atoms with Gasteiger partial charge in [-0.05, 0) is 63.2 Å². The minimum atomic E-state index is -2.99. The Kier molecular flexibility index (Phi) is 6.86. The molecule has 0 unspecified atom stereocenters. The Hall–Kier alpha value is -6.42. The number of hydrogen-bond donors (Lipinski definition) is 0. The number of fused-ring (bicyclic) bond motifs is 7. The first-order chi connectivity index (χ1) is 25.4. The van der Waals surface area contributed by atoms with Crippen LogP contribution >= 0.6 is 0 Å². The zero-order valence-electron chi connectivity index (χ0n) is 28.0. The highest BCUT2D eigenvalue weighted by atomic mass is 28.3. The number of benzene rings is 8. The van der Waals surface area contributed by atoms with Crippen molar-refractivity contribution in [3.8, 4) is 11.4 Å². The Bertz CT molecular complexity index is 2730. The summed E-state index contributed by atoms with van der Waals surface area (Å²) in [4.78, 5) is 0. The van der Waals surface area contributed by atoms with E-state index in [1.165, 1.54) is 64.4 Å². The van der Waals surface area contributed by atoms with E-state index in [1.54, 1.807) is 0 Å². The minimum Gasteiger partial charge on any atom is -0.309 e. The van der Waals surface area contributed by atoms with Crippen LogP contribution in [0.1, 0.15) is 0 Å². The first kappa shape index (κ1) is 29.5. The van der Waals surface area contributed by atoms with Crippen molar-refractivity contribution in [2.24, 2.45) is 0 Å². The summed E-state index contributed by atoms with van der Waals surface area (Å²) in [5.74, 6) is 0. The normalized spacial score (nSPS) is 11.9. The molecular weight excluding hydrogens is 633 g/mol. The predicted octanol–water partition coefficient (Wildman–Crippen LogP) is 9.26. The molecule has 0 fully saturated rings. The van der Waals surface area contributed by atoms with Crippen molar-refractivity contribution in [2.75, 3.05) is 0 Å². The van der Waals surface area contributed by atoms with E-state index in [4.69, 9.17) is 0 Å². The lowest BCUT2D eigenvalue weighted by Crippen LogP contribution is -2.74. The van der Waals surface area contributed by atoms with Crippen molar-refractivity contribution in [3.05, 3.63) is 206 Å². The Labute approximate surface area is 298 Å². The van der Waals surface area contributed by atoms with Crippen molar-refractivity contribution in [1.29, 1.82) is 0 Å². The summed E-state index contributed by atoms with van der Waals surface area (Å²) in [6.07, 6.45) is 0. The first-order valence-electron chi connectivity index (χ1n) is 17.6. The maximum absolute atomic E-state index is 2.99. The molecule has 2 nitrogen and oxygen atoms in total. The average molecular weight is 667 g/mol. The second-order valence-corrected chi connectivity index (χ2v) is 17.0. The van der Waals surface area contributed by atoms with Crippen LogP contribution < -0.4 is 20.7 Å². The molecule has 0 amide bonds. The van der Waals surface area contributed by atoms with E-state index < -0.39 is 8.07 Å². The fourth-order valence-electron chi connectivity index (χ4n) is 8.63. The van der Waals surface area contributed by atoms with Gasteiger partial charge in [-0.1, -0.05) is 164 Å². The molecule has 3 heteroatoms. The van der Waals surface area contributed by atoms with E-state index in [0.717, 1.165) is 11.4 Å². The quantitative estimate of drug-likeness (QED) is 0.124. The van der Waals surface area contributed by atoms with Crippen molar-refractivity contribution >= 4 is 72.4 Å². The maximum Gasteiger partial charge on any atom is 0.180 e. The molecule has 2 aromatic heterocycles. The van der Waals surface area contributed by atoms with Crippen molar-refractivity contribution in [3.63, 3.8) is 0 Å². The summed E-state index contributed by atoms with van der Waals surface area (Å²) >= 11 is 0. The largest absolute Gasteiger partial charge is 0.309 e. The molecule has 0 radical (unpaired) electrons. The van der Waals surface area contributed by atoms with Crippen LogP contribution in [0, 0.1) is 0 Å². The molecule has 8 aromatic carbocycles. The van der Waals surface area contributed by atoms with E-state index in [2.05, 4.69) is 215 Å². The Balaban J connectivity index is 1.55. The highest BCUT2D eigenvalue weighted by Gasteiger charge is 2.44. The third kappa shape index (κ3) is 4.35. The van der Waals surface area contributed by atoms with Crippen molar-refractivity contribution < 1.29 is 0 Å². The second-order valence-electron chi connectivity index (χ2n) is 13.3. The molecular formula is C48H34N2Si. The number of hydrogen-bond acceptors (Lipinski definition) is 0. The van der Waals surface area contributed by atoms with Crippen LogP contribution in [0.15, 0.2) is 206 Å². The minimum absolute atomic E-state index is 1.16. The molecule has 2 heterocycles. The van der Waals surface area contributed by atoms with E-state index in [0.29, 0.717) is 0 Å². The molecule has 0 bridgehead atoms. The summed E-state index contributed by atoms with van der Waals surface area (Å²) in [6, 6.07) is 76.2. The van der Waals surface area contributed by atoms with E-state index in [9.17, 15) is 0 Å². The molecule has 0 N–H and O–H groups in total. The van der Waals surface area contributed by atoms with Gasteiger partial charge in [-0.15, -0.1) is 0 Å². The summed E-state index contributed by atoms with van der Waals surface area (Å²) in [6.45, 7) is 0. The lowest BCUT2D eigenvalue weighted by Gasteiger charge is -2.35. The van der Waals surface area contributed by atoms with Crippen LogP contribution in [-0.4, -0.2) is 17.2 Å². The van der Waals surface area contributed by atoms with Gasteiger partial charge in [0, 0.05) is 32.9 Å². The summed E-state index contributed by atoms with van der Waals surface area (Å²) < 4.78 is 5.01. The van der Waals surface area contributed by atoms with Crippen molar-refractivity contribution in [2.45, 2.75) is 0 Å². The average Bonchev–Trinajstić information content (AvgIpc) is 3.73. The lowest BCUT2D eigenvalue weighted by atomic mass is 10.1. The van der Waals surface area contributed by atoms with Crippen LogP contribution in [0.25, 0.3) is 55.0 Å². The summed E-state index contributed by atoms with van der Waals surface area (Å²) in [5.41, 5.74) is 7.19. The summed E-state index contributed by atoms with van der Waals surface area (Å²) in [5, 5.41) is 10.6. The smallest absolute Gasteiger partial charge is 0.180 e. The van der Waals surface area contributed by atoms with Gasteiger partial charge in [0.25, 0.3) is 0 Å². The molecule has 0 saturated heterocycles. The topological polar surface area (TPSA) is 9.86 Å². The van der Waals surface area contributed by atoms with Crippen molar-refractivity contribution in [1.82, 2.24) is 9.13 Å². The van der Waals surface area contributed by atoms with Crippen LogP contribution in [-0.2, 0) is 0 Å². The SMILES string of the molecule is c1ccc(-n2c3ccccc3c3c2cc([Si](c2ccccc2)(c2ccccc2)c2ccccc2)c2c4ccccc4n(-c4ccccc4)c23)cc1. The molecule has 0 saturated carbocycles. The predicted molar refractivity (Wildman–Crippen MR) is 219 cm³/mol. The van der Waals surface area contributed by atoms with Gasteiger partial charge in [0.1, 0.15) is 0 Å². The maximum atomic E-state index is 2.58. The van der Waals surface area contributed by atoms with Gasteiger partial charge in [-0.3, -0.25) is 0 Å². The number of aromatic nitrogens is 2. The van der Waals surface area contributed by atoms with Gasteiger partial charge in [0.2, 0.25) is 0 Å². The molecule has 0 atom stereocenters. The molecule has 240 valence electrons. The van der Waals surface area contributed by atoms with Gasteiger partial charge >= 0.3 is 0 Å². The van der Waals surface area contributed by atoms with Gasteiger partial charge < -0.3 is 9.13 Å². The molecule has 0 spiro atoms. The van der Waals surface area contributed by atoms with Crippen LogP contribution in [0.2, 0.25) is 0 Å². The molecule has 10 rings (SSSR count). The Morgan fingerprint density at radius 3 is 1.18 bits per heavy atom. The standard InChI is InChI=1S/C48H34N2Si/c1-6-20-35(21-7-1)49-42-32-18-16-30-40(42)46-44(49)34-45(47-41-31-17-19-33-43(41)50(48(46)47)36-22-8-2-9-23-36)51(37-24-10-3-11-25-37,38-26-12-4-13-27-38)39-28-14-5-15-29-39/h1-34H. The zero-order chi connectivity index (χ0) is 33.8. The third-order valence-electron chi connectivity index (χ3n) is 10.6. The fraction of sp³-hybridized carbons (Fsp3) is 0. The van der Waals surface area contributed by atoms with E-state index >= 15 is 0 Å². The van der Waals surface area contributed by atoms with Gasteiger partial charge in [0.05, 0.1) is 22.1 Å². The number of para-hydroxylation sites is 4. The molecule has 10 aromatic rings. The molecule has 0 aliphatic carbocycles. The van der Waals surface area contributed by atoms with Crippen LogP contribution in [0.4, 0.5) is 0 Å². The highest BCUT2D eigenvalue weighted by Crippen LogP contribution is 2.42. The fourth-order valence-corrected chi connectivity index (χ4v) is 13.6. The molecule has 51 heavy (non-hydrogen) atoms. The first-order valence-corrected chi connectivity index (χ1v) is 19.6. The lowest BCUT2D eigenvalue weighted by molar-refractivity contribution is 1.17. The van der Waals surface area contributed by atoms with Crippen LogP contribution in [0.5, 0.6) is 0 Å². The van der Waals surface area contributed by atoms with E-state index in [1.807, 2.05) is 0 Å². The van der Waals surface area contributed by atoms with Gasteiger partial charge in [0.15, 0.2) is 8.07 Å².